The first kappa shape index (κ1) is 17.2. The number of hydrogen-bond acceptors (Lipinski definition) is 2. The lowest BCUT2D eigenvalue weighted by atomic mass is 9.98. The summed E-state index contributed by atoms with van der Waals surface area (Å²) in [5.41, 5.74) is 2.05. The Bertz CT molecular complexity index is 852. The molecule has 0 spiro atoms. The van der Waals surface area contributed by atoms with E-state index in [1.807, 2.05) is 4.90 Å². The maximum Gasteiger partial charge on any atom is 0.254 e. The second kappa shape index (κ2) is 6.80. The molecule has 136 valence electrons. The van der Waals surface area contributed by atoms with E-state index in [-0.39, 0.29) is 11.7 Å². The Labute approximate surface area is 152 Å². The number of likely N-dealkylation sites (tertiary alicyclic amines) is 1. The number of carbonyl (C=O) groups is 1. The van der Waals surface area contributed by atoms with Gasteiger partial charge in [-0.1, -0.05) is 12.1 Å². The second-order valence-corrected chi connectivity index (χ2v) is 7.33. The van der Waals surface area contributed by atoms with Gasteiger partial charge in [0, 0.05) is 36.3 Å². The van der Waals surface area contributed by atoms with Gasteiger partial charge >= 0.3 is 0 Å². The number of nitrogens with one attached hydrogen (secondary N) is 1. The molecule has 26 heavy (non-hydrogen) atoms. The number of benzene rings is 2. The molecule has 2 atom stereocenters. The average molecular weight is 356 g/mol. The molecule has 1 amide bonds. The third-order valence-corrected chi connectivity index (χ3v) is 5.51. The molecule has 4 rings (SSSR count). The summed E-state index contributed by atoms with van der Waals surface area (Å²) in [4.78, 5) is 14.7. The number of rotatable bonds is 2. The highest BCUT2D eigenvalue weighted by Crippen LogP contribution is 2.28. The van der Waals surface area contributed by atoms with Gasteiger partial charge in [0.2, 0.25) is 0 Å². The van der Waals surface area contributed by atoms with Gasteiger partial charge in [-0.05, 0) is 61.6 Å². The van der Waals surface area contributed by atoms with Gasteiger partial charge < -0.3 is 10.2 Å². The predicted molar refractivity (Wildman–Crippen MR) is 97.0 cm³/mol. The second-order valence-electron chi connectivity index (χ2n) is 7.33. The number of carbonyl (C=O) groups excluding carboxylic acids is 1. The lowest BCUT2D eigenvalue weighted by Crippen LogP contribution is -2.39. The van der Waals surface area contributed by atoms with E-state index in [2.05, 4.69) is 5.32 Å². The van der Waals surface area contributed by atoms with Gasteiger partial charge in [0.05, 0.1) is 0 Å². The molecule has 2 fully saturated rings. The topological polar surface area (TPSA) is 32.3 Å². The van der Waals surface area contributed by atoms with E-state index >= 15 is 0 Å². The molecule has 2 heterocycles. The van der Waals surface area contributed by atoms with Gasteiger partial charge in [-0.3, -0.25) is 4.79 Å². The van der Waals surface area contributed by atoms with Crippen LogP contribution in [0.2, 0.25) is 0 Å². The van der Waals surface area contributed by atoms with Crippen LogP contribution < -0.4 is 5.32 Å². The van der Waals surface area contributed by atoms with Crippen molar-refractivity contribution < 1.29 is 13.6 Å². The zero-order valence-electron chi connectivity index (χ0n) is 14.8. The van der Waals surface area contributed by atoms with Gasteiger partial charge in [-0.2, -0.15) is 0 Å². The van der Waals surface area contributed by atoms with Crippen LogP contribution in [0.3, 0.4) is 0 Å². The van der Waals surface area contributed by atoms with Crippen LogP contribution >= 0.6 is 0 Å². The third-order valence-electron chi connectivity index (χ3n) is 5.51. The predicted octanol–water partition coefficient (Wildman–Crippen LogP) is 3.91. The Morgan fingerprint density at radius 2 is 1.81 bits per heavy atom. The van der Waals surface area contributed by atoms with E-state index in [0.29, 0.717) is 47.4 Å². The standard InChI is InChI=1S/C21H22F2N2O/c1-13-10-15(22)3-7-18(13)19-6-2-14(11-20(19)23)21(26)25-9-8-16-4-5-17(12-25)24-16/h2-3,6-7,10-11,16-17,24H,4-5,8-9,12H2,1H3. The summed E-state index contributed by atoms with van der Waals surface area (Å²) < 4.78 is 28.0. The van der Waals surface area contributed by atoms with Crippen molar-refractivity contribution >= 4 is 5.91 Å². The van der Waals surface area contributed by atoms with Gasteiger partial charge in [0.1, 0.15) is 11.6 Å². The van der Waals surface area contributed by atoms with Crippen LogP contribution in [0.1, 0.15) is 35.2 Å². The molecule has 3 nitrogen and oxygen atoms in total. The number of halogens is 2. The smallest absolute Gasteiger partial charge is 0.254 e. The number of amides is 1. The van der Waals surface area contributed by atoms with Crippen LogP contribution in [0.5, 0.6) is 0 Å². The molecule has 0 aromatic heterocycles. The van der Waals surface area contributed by atoms with E-state index in [9.17, 15) is 13.6 Å². The van der Waals surface area contributed by atoms with Gasteiger partial charge in [-0.25, -0.2) is 8.78 Å². The maximum absolute atomic E-state index is 14.7. The zero-order chi connectivity index (χ0) is 18.3. The molecule has 2 aromatic carbocycles. The highest BCUT2D eigenvalue weighted by atomic mass is 19.1. The van der Waals surface area contributed by atoms with Crippen LogP contribution in [0.25, 0.3) is 11.1 Å². The minimum absolute atomic E-state index is 0.124. The summed E-state index contributed by atoms with van der Waals surface area (Å²) in [5.74, 6) is -0.928. The van der Waals surface area contributed by atoms with Crippen molar-refractivity contribution in [1.29, 1.82) is 0 Å². The number of hydrogen-bond donors (Lipinski definition) is 1. The fourth-order valence-electron chi connectivity index (χ4n) is 4.11. The summed E-state index contributed by atoms with van der Waals surface area (Å²) in [6.45, 7) is 3.12. The molecule has 2 unspecified atom stereocenters. The van der Waals surface area contributed by atoms with Crippen molar-refractivity contribution in [1.82, 2.24) is 10.2 Å². The van der Waals surface area contributed by atoms with E-state index in [1.165, 1.54) is 24.6 Å². The molecule has 2 aliphatic heterocycles. The first-order valence-corrected chi connectivity index (χ1v) is 9.12. The minimum atomic E-state index is -0.458. The highest BCUT2D eigenvalue weighted by Gasteiger charge is 2.31. The SMILES string of the molecule is Cc1cc(F)ccc1-c1ccc(C(=O)N2CCC3CCC(C2)N3)cc1F. The normalized spacial score (nSPS) is 22.3. The molecule has 2 aliphatic rings. The summed E-state index contributed by atoms with van der Waals surface area (Å²) in [7, 11) is 0. The first-order chi connectivity index (χ1) is 12.5. The average Bonchev–Trinajstić information content (AvgIpc) is 2.94. The zero-order valence-corrected chi connectivity index (χ0v) is 14.8. The van der Waals surface area contributed by atoms with Crippen LogP contribution in [0.4, 0.5) is 8.78 Å². The van der Waals surface area contributed by atoms with Crippen LogP contribution in [0.15, 0.2) is 36.4 Å². The van der Waals surface area contributed by atoms with Crippen molar-refractivity contribution in [3.05, 3.63) is 59.2 Å². The summed E-state index contributed by atoms with van der Waals surface area (Å²) in [6, 6.07) is 9.70. The molecule has 2 aromatic rings. The van der Waals surface area contributed by atoms with Crippen molar-refractivity contribution in [3.8, 4) is 11.1 Å². The quantitative estimate of drug-likeness (QED) is 0.885. The molecule has 2 bridgehead atoms. The lowest BCUT2D eigenvalue weighted by Gasteiger charge is -2.24. The largest absolute Gasteiger partial charge is 0.337 e. The van der Waals surface area contributed by atoms with Crippen LogP contribution in [0, 0.1) is 18.6 Å². The summed E-state index contributed by atoms with van der Waals surface area (Å²) in [6.07, 6.45) is 3.20. The van der Waals surface area contributed by atoms with E-state index in [0.717, 1.165) is 12.8 Å². The number of aryl methyl sites for hydroxylation is 1. The van der Waals surface area contributed by atoms with Gasteiger partial charge in [0.25, 0.3) is 5.91 Å². The third kappa shape index (κ3) is 3.23. The number of nitrogens with zero attached hydrogens (tertiary/aromatic N) is 1. The Morgan fingerprint density at radius 3 is 2.58 bits per heavy atom. The molecule has 0 saturated carbocycles. The van der Waals surface area contributed by atoms with Crippen molar-refractivity contribution in [3.63, 3.8) is 0 Å². The van der Waals surface area contributed by atoms with Gasteiger partial charge in [-0.15, -0.1) is 0 Å². The van der Waals surface area contributed by atoms with Crippen molar-refractivity contribution in [2.45, 2.75) is 38.3 Å². The van der Waals surface area contributed by atoms with Crippen LogP contribution in [-0.4, -0.2) is 36.0 Å². The fourth-order valence-corrected chi connectivity index (χ4v) is 4.11. The van der Waals surface area contributed by atoms with Crippen LogP contribution in [-0.2, 0) is 0 Å². The molecule has 0 aliphatic carbocycles. The first-order valence-electron chi connectivity index (χ1n) is 9.12. The monoisotopic (exact) mass is 356 g/mol. The molecule has 5 heteroatoms. The fraction of sp³-hybridized carbons (Fsp3) is 0.381. The molecule has 2 saturated heterocycles. The van der Waals surface area contributed by atoms with Gasteiger partial charge in [0.15, 0.2) is 0 Å². The Kier molecular flexibility index (Phi) is 4.49. The van der Waals surface area contributed by atoms with Crippen molar-refractivity contribution in [2.75, 3.05) is 13.1 Å². The van der Waals surface area contributed by atoms with Crippen molar-refractivity contribution in [2.24, 2.45) is 0 Å². The highest BCUT2D eigenvalue weighted by molar-refractivity contribution is 5.95. The molecule has 0 radical (unpaired) electrons. The molecular weight excluding hydrogens is 334 g/mol. The maximum atomic E-state index is 14.7. The lowest BCUT2D eigenvalue weighted by molar-refractivity contribution is 0.0747. The Morgan fingerprint density at radius 1 is 1.04 bits per heavy atom. The minimum Gasteiger partial charge on any atom is -0.337 e. The van der Waals surface area contributed by atoms with E-state index in [1.54, 1.807) is 25.1 Å². The number of fused-ring (bicyclic) bond motifs is 2. The molecular formula is C21H22F2N2O. The summed E-state index contributed by atoms with van der Waals surface area (Å²) >= 11 is 0. The Hall–Kier alpha value is -2.27. The Balaban J connectivity index is 1.58. The van der Waals surface area contributed by atoms with E-state index < -0.39 is 5.82 Å². The van der Waals surface area contributed by atoms with E-state index in [4.69, 9.17) is 0 Å². The summed E-state index contributed by atoms with van der Waals surface area (Å²) in [5, 5.41) is 3.54. The molecule has 1 N–H and O–H groups in total.